The fraction of sp³-hybridized carbons (Fsp3) is 0.486. The second kappa shape index (κ2) is 21.2. The van der Waals surface area contributed by atoms with Gasteiger partial charge >= 0.3 is 0 Å². The third-order valence-corrected chi connectivity index (χ3v) is 12.6. The van der Waals surface area contributed by atoms with Crippen molar-refractivity contribution in [2.45, 2.75) is 66.5 Å². The summed E-state index contributed by atoms with van der Waals surface area (Å²) in [5.74, 6) is 2.81. The van der Waals surface area contributed by atoms with Gasteiger partial charge in [0, 0.05) is 53.5 Å². The van der Waals surface area contributed by atoms with Crippen LogP contribution in [0.1, 0.15) is 44.2 Å². The predicted octanol–water partition coefficient (Wildman–Crippen LogP) is 4.20. The van der Waals surface area contributed by atoms with E-state index < -0.39 is 10.0 Å². The van der Waals surface area contributed by atoms with Crippen LogP contribution in [0.5, 0.6) is 0 Å². The number of nitrogens with one attached hydrogen (secondary N) is 4. The minimum atomic E-state index is -3.82. The number of aromatic nitrogens is 2. The summed E-state index contributed by atoms with van der Waals surface area (Å²) >= 11 is 9.54. The number of hydrogen-bond donors (Lipinski definition) is 5. The smallest absolute Gasteiger partial charge is 0.238 e. The highest BCUT2D eigenvalue weighted by atomic mass is 35.5. The third kappa shape index (κ3) is 13.2. The minimum absolute atomic E-state index is 0.0122. The number of halogens is 1. The normalized spacial score (nSPS) is 17.9. The van der Waals surface area contributed by atoms with Gasteiger partial charge in [0.25, 0.3) is 0 Å². The Balaban J connectivity index is 0.868. The van der Waals surface area contributed by atoms with Crippen molar-refractivity contribution in [3.05, 3.63) is 77.7 Å². The van der Waals surface area contributed by atoms with E-state index in [1.165, 1.54) is 23.9 Å². The quantitative estimate of drug-likeness (QED) is 0.0867. The molecule has 54 heavy (non-hydrogen) atoms. The second-order valence-electron chi connectivity index (χ2n) is 13.1. The molecule has 3 aromatic rings. The Kier molecular flexibility index (Phi) is 16.4. The number of sulfonamides is 1. The van der Waals surface area contributed by atoms with Crippen LogP contribution in [0.25, 0.3) is 16.9 Å². The summed E-state index contributed by atoms with van der Waals surface area (Å²) in [7, 11) is -3.82. The number of carbonyl (C=O) groups is 2. The fourth-order valence-electron chi connectivity index (χ4n) is 6.21. The van der Waals surface area contributed by atoms with E-state index in [0.29, 0.717) is 79.7 Å². The predicted molar refractivity (Wildman–Crippen MR) is 216 cm³/mol. The Hall–Kier alpha value is -3.25. The molecule has 2 aromatic carbocycles. The van der Waals surface area contributed by atoms with Gasteiger partial charge in [-0.1, -0.05) is 36.7 Å². The molecule has 0 bridgehead atoms. The van der Waals surface area contributed by atoms with Gasteiger partial charge in [-0.15, -0.1) is 11.8 Å². The van der Waals surface area contributed by atoms with Crippen molar-refractivity contribution in [3.8, 4) is 16.9 Å². The van der Waals surface area contributed by atoms with Gasteiger partial charge in [-0.25, -0.2) is 18.2 Å². The molecule has 3 heterocycles. The second-order valence-corrected chi connectivity index (χ2v) is 17.4. The number of nitrogens with zero attached hydrogens (tertiary/aromatic N) is 2. The average molecular weight is 821 g/mol. The maximum atomic E-state index is 12.4. The summed E-state index contributed by atoms with van der Waals surface area (Å²) in [6.45, 7) is 6.92. The maximum absolute atomic E-state index is 12.4. The first-order valence-corrected chi connectivity index (χ1v) is 22.3. The number of unbranched alkanes of at least 4 members (excludes halogenated alkanes) is 2. The van der Waals surface area contributed by atoms with Gasteiger partial charge in [0.15, 0.2) is 0 Å². The zero-order valence-corrected chi connectivity index (χ0v) is 33.5. The van der Waals surface area contributed by atoms with Crippen molar-refractivity contribution in [2.75, 3.05) is 51.0 Å². The molecule has 0 spiro atoms. The molecule has 6 N–H and O–H groups in total. The molecule has 2 fully saturated rings. The van der Waals surface area contributed by atoms with Crippen molar-refractivity contribution in [1.29, 1.82) is 0 Å². The number of nitrogens with two attached hydrogens (primary N) is 1. The molecule has 0 unspecified atom stereocenters. The number of benzene rings is 2. The molecule has 2 aliphatic rings. The van der Waals surface area contributed by atoms with Gasteiger partial charge in [-0.2, -0.15) is 16.9 Å². The zero-order chi connectivity index (χ0) is 38.3. The zero-order valence-electron chi connectivity index (χ0n) is 30.3. The summed E-state index contributed by atoms with van der Waals surface area (Å²) in [5, 5.41) is 23.9. The number of hydrogen-bond acceptors (Lipinski definition) is 11. The number of thioether (sulfide) groups is 2. The first-order chi connectivity index (χ1) is 26.1. The number of rotatable bonds is 23. The first kappa shape index (κ1) is 41.9. The van der Waals surface area contributed by atoms with Crippen LogP contribution in [0.2, 0.25) is 5.02 Å². The Labute approximate surface area is 331 Å². The van der Waals surface area contributed by atoms with Crippen LogP contribution in [0.3, 0.4) is 0 Å². The van der Waals surface area contributed by atoms with Crippen LogP contribution in [0, 0.1) is 0 Å². The lowest BCUT2D eigenvalue weighted by Gasteiger charge is -2.17. The topological polar surface area (TPSA) is 179 Å². The van der Waals surface area contributed by atoms with Crippen molar-refractivity contribution in [3.63, 3.8) is 0 Å². The molecule has 0 aliphatic carbocycles. The lowest BCUT2D eigenvalue weighted by atomic mass is 10.0. The van der Waals surface area contributed by atoms with E-state index in [2.05, 4.69) is 27.8 Å². The Morgan fingerprint density at radius 3 is 2.46 bits per heavy atom. The van der Waals surface area contributed by atoms with Gasteiger partial charge in [0.2, 0.25) is 21.8 Å². The van der Waals surface area contributed by atoms with Crippen LogP contribution in [-0.2, 0) is 34.8 Å². The molecular weight excluding hydrogens is 770 g/mol. The van der Waals surface area contributed by atoms with Gasteiger partial charge in [-0.05, 0) is 68.1 Å². The number of ether oxygens (including phenoxy) is 2. The van der Waals surface area contributed by atoms with E-state index in [1.807, 2.05) is 30.0 Å². The monoisotopic (exact) mass is 819 g/mol. The van der Waals surface area contributed by atoms with Crippen LogP contribution < -0.4 is 26.4 Å². The average Bonchev–Trinajstić information content (AvgIpc) is 3.85. The Morgan fingerprint density at radius 1 is 0.963 bits per heavy atom. The summed E-state index contributed by atoms with van der Waals surface area (Å²) < 4.78 is 36.4. The van der Waals surface area contributed by atoms with Gasteiger partial charge < -0.3 is 30.7 Å². The van der Waals surface area contributed by atoms with Crippen molar-refractivity contribution < 1.29 is 27.5 Å². The highest BCUT2D eigenvalue weighted by Crippen LogP contribution is 2.34. The van der Waals surface area contributed by atoms with Crippen molar-refractivity contribution >= 4 is 57.0 Å². The van der Waals surface area contributed by atoms with E-state index in [4.69, 9.17) is 31.3 Å². The summed E-state index contributed by atoms with van der Waals surface area (Å²) in [5.41, 5.74) is 3.09. The maximum Gasteiger partial charge on any atom is 0.238 e. The molecule has 2 saturated heterocycles. The van der Waals surface area contributed by atoms with E-state index in [1.54, 1.807) is 28.9 Å². The minimum Gasteiger partial charge on any atom is -0.379 e. The molecule has 17 heteroatoms. The fourth-order valence-corrected chi connectivity index (χ4v) is 9.13. The molecule has 3 atom stereocenters. The molecule has 13 nitrogen and oxygen atoms in total. The largest absolute Gasteiger partial charge is 0.379 e. The first-order valence-electron chi connectivity index (χ1n) is 18.1. The SMILES string of the molecule is C=C1N[C@@H]2[C@@H](CS[C@@H]2CCCCC(=O)NCCCCOCCOCCNC(=O)CSCc2cc(-c3ccc(Cl)cc3)n(-c3ccc(S(N)(=O)=O)cc3)n2)N1. The highest BCUT2D eigenvalue weighted by molar-refractivity contribution is 8.00. The van der Waals surface area contributed by atoms with Gasteiger partial charge in [0.05, 0.1) is 65.4 Å². The van der Waals surface area contributed by atoms with Crippen LogP contribution in [0.4, 0.5) is 0 Å². The van der Waals surface area contributed by atoms with Crippen LogP contribution >= 0.6 is 35.1 Å². The number of primary sulfonamides is 1. The lowest BCUT2D eigenvalue weighted by Crippen LogP contribution is -2.36. The summed E-state index contributed by atoms with van der Waals surface area (Å²) in [4.78, 5) is 24.6. The molecule has 2 aliphatic heterocycles. The molecule has 0 saturated carbocycles. The molecule has 294 valence electrons. The standard InChI is InChI=1S/C37H50ClN7O6S3/c1-26-42-32-24-53-34(37(32)43-26)6-2-3-7-35(46)40-16-4-5-18-50-20-21-51-19-17-41-36(47)25-52-23-29-22-33(27-8-10-28(38)11-9-27)45(44-29)30-12-14-31(15-13-30)54(39,48)49/h8-15,22,32,34,37,42-43H,1-7,16-21,23-25H2,(H,40,46)(H,41,47)(H2,39,48,49)/t32-,34-,37-/m1/s1. The van der Waals surface area contributed by atoms with E-state index in [9.17, 15) is 18.0 Å². The molecule has 1 aromatic heterocycles. The molecular formula is C37H50ClN7O6S3. The number of fused-ring (bicyclic) bond motifs is 1. The Bertz CT molecular complexity index is 1790. The van der Waals surface area contributed by atoms with Gasteiger partial charge in [0.1, 0.15) is 0 Å². The molecule has 0 radical (unpaired) electrons. The van der Waals surface area contributed by atoms with E-state index >= 15 is 0 Å². The lowest BCUT2D eigenvalue weighted by molar-refractivity contribution is -0.121. The third-order valence-electron chi connectivity index (χ3n) is 8.94. The number of amides is 2. The van der Waals surface area contributed by atoms with E-state index in [-0.39, 0.29) is 22.5 Å². The van der Waals surface area contributed by atoms with Crippen LogP contribution in [0.15, 0.2) is 71.9 Å². The van der Waals surface area contributed by atoms with Crippen molar-refractivity contribution in [1.82, 2.24) is 31.0 Å². The summed E-state index contributed by atoms with van der Waals surface area (Å²) in [6, 6.07) is 16.4. The molecule has 5 rings (SSSR count). The van der Waals surface area contributed by atoms with Gasteiger partial charge in [-0.3, -0.25) is 9.59 Å². The van der Waals surface area contributed by atoms with E-state index in [0.717, 1.165) is 60.6 Å². The molecule has 2 amide bonds. The number of carbonyl (C=O) groups excluding carboxylic acids is 2. The summed E-state index contributed by atoms with van der Waals surface area (Å²) in [6.07, 6.45) is 5.38. The highest BCUT2D eigenvalue weighted by Gasteiger charge is 2.40. The van der Waals surface area contributed by atoms with Crippen LogP contribution in [-0.4, -0.2) is 98.4 Å². The van der Waals surface area contributed by atoms with Crippen molar-refractivity contribution in [2.24, 2.45) is 5.14 Å². The Morgan fingerprint density at radius 2 is 1.70 bits per heavy atom.